The molecule has 0 heterocycles. The molecule has 30 heavy (non-hydrogen) atoms. The third kappa shape index (κ3) is 5.42. The van der Waals surface area contributed by atoms with Crippen molar-refractivity contribution in [1.82, 2.24) is 0 Å². The van der Waals surface area contributed by atoms with E-state index in [1.54, 1.807) is 0 Å². The number of nitrogens with two attached hydrogens (primary N) is 2. The molecule has 0 aliphatic heterocycles. The summed E-state index contributed by atoms with van der Waals surface area (Å²) in [5.41, 5.74) is 12.4. The summed E-state index contributed by atoms with van der Waals surface area (Å²) >= 11 is 0. The summed E-state index contributed by atoms with van der Waals surface area (Å²) in [7, 11) is 0. The summed E-state index contributed by atoms with van der Waals surface area (Å²) < 4.78 is 0. The Balaban J connectivity index is 1.82. The van der Waals surface area contributed by atoms with Gasteiger partial charge in [-0.1, -0.05) is 39.5 Å². The molecule has 0 saturated heterocycles. The van der Waals surface area contributed by atoms with E-state index in [0.717, 1.165) is 64.2 Å². The summed E-state index contributed by atoms with van der Waals surface area (Å²) in [6.45, 7) is 8.60. The van der Waals surface area contributed by atoms with Crippen LogP contribution in [0.2, 0.25) is 0 Å². The Morgan fingerprint density at radius 1 is 0.833 bits per heavy atom. The molecule has 3 aliphatic carbocycles. The number of aliphatic hydroxyl groups is 2. The molecule has 3 rings (SSSR count). The molecule has 3 fully saturated rings. The van der Waals surface area contributed by atoms with Crippen LogP contribution in [0.4, 0.5) is 0 Å². The first-order valence-electron chi connectivity index (χ1n) is 13.0. The fourth-order valence-electron chi connectivity index (χ4n) is 7.94. The van der Waals surface area contributed by atoms with Gasteiger partial charge in [-0.3, -0.25) is 0 Å². The molecule has 0 radical (unpaired) electrons. The molecular weight excluding hydrogens is 372 g/mol. The number of hydrogen-bond acceptors (Lipinski definition) is 4. The number of fused-ring (bicyclic) bond motifs is 1. The van der Waals surface area contributed by atoms with Crippen LogP contribution in [0.25, 0.3) is 0 Å². The largest absolute Gasteiger partial charge is 0.390 e. The molecule has 10 unspecified atom stereocenters. The third-order valence-electron chi connectivity index (χ3n) is 9.56. The fourth-order valence-corrected chi connectivity index (χ4v) is 7.94. The van der Waals surface area contributed by atoms with E-state index in [0.29, 0.717) is 35.5 Å². The first kappa shape index (κ1) is 24.5. The summed E-state index contributed by atoms with van der Waals surface area (Å²) in [6, 6.07) is 0.356. The maximum atomic E-state index is 11.4. The zero-order chi connectivity index (χ0) is 22.1. The van der Waals surface area contributed by atoms with Crippen molar-refractivity contribution in [2.75, 3.05) is 0 Å². The highest BCUT2D eigenvalue weighted by atomic mass is 16.3. The molecule has 0 aromatic rings. The minimum Gasteiger partial charge on any atom is -0.390 e. The minimum absolute atomic E-state index is 0.157. The Morgan fingerprint density at radius 3 is 2.17 bits per heavy atom. The molecule has 3 aliphatic rings. The van der Waals surface area contributed by atoms with Crippen LogP contribution < -0.4 is 11.5 Å². The molecule has 0 amide bonds. The van der Waals surface area contributed by atoms with Gasteiger partial charge in [-0.25, -0.2) is 0 Å². The van der Waals surface area contributed by atoms with Crippen molar-refractivity contribution < 1.29 is 10.2 Å². The smallest absolute Gasteiger partial charge is 0.0651 e. The van der Waals surface area contributed by atoms with Crippen LogP contribution in [0, 0.1) is 35.5 Å². The van der Waals surface area contributed by atoms with E-state index in [9.17, 15) is 10.2 Å². The van der Waals surface area contributed by atoms with Gasteiger partial charge in [-0.2, -0.15) is 0 Å². The van der Waals surface area contributed by atoms with Crippen LogP contribution in [-0.4, -0.2) is 33.5 Å². The topological polar surface area (TPSA) is 92.5 Å². The molecule has 0 bridgehead atoms. The predicted molar refractivity (Wildman–Crippen MR) is 125 cm³/mol. The molecule has 0 aromatic heterocycles. The summed E-state index contributed by atoms with van der Waals surface area (Å²) in [6.07, 6.45) is 12.5. The summed E-state index contributed by atoms with van der Waals surface area (Å²) in [5.74, 6) is 2.61. The van der Waals surface area contributed by atoms with Gasteiger partial charge in [-0.15, -0.1) is 0 Å². The third-order valence-corrected chi connectivity index (χ3v) is 9.56. The van der Waals surface area contributed by atoms with E-state index in [-0.39, 0.29) is 12.1 Å². The van der Waals surface area contributed by atoms with E-state index in [1.807, 2.05) is 6.92 Å². The van der Waals surface area contributed by atoms with Crippen molar-refractivity contribution in [3.05, 3.63) is 0 Å². The van der Waals surface area contributed by atoms with Gasteiger partial charge in [0.15, 0.2) is 0 Å². The van der Waals surface area contributed by atoms with E-state index >= 15 is 0 Å². The highest BCUT2D eigenvalue weighted by molar-refractivity contribution is 4.99. The van der Waals surface area contributed by atoms with Gasteiger partial charge in [0.1, 0.15) is 0 Å². The lowest BCUT2D eigenvalue weighted by molar-refractivity contribution is -0.0773. The van der Waals surface area contributed by atoms with Crippen molar-refractivity contribution in [1.29, 1.82) is 0 Å². The van der Waals surface area contributed by atoms with Gasteiger partial charge in [-0.05, 0) is 101 Å². The molecule has 3 saturated carbocycles. The van der Waals surface area contributed by atoms with Crippen molar-refractivity contribution >= 4 is 0 Å². The average molecular weight is 423 g/mol. The van der Waals surface area contributed by atoms with Gasteiger partial charge >= 0.3 is 0 Å². The van der Waals surface area contributed by atoms with Crippen molar-refractivity contribution in [2.24, 2.45) is 47.0 Å². The second-order valence-corrected chi connectivity index (χ2v) is 11.9. The first-order chi connectivity index (χ1) is 14.1. The Hall–Kier alpha value is -0.160. The zero-order valence-electron chi connectivity index (χ0n) is 20.2. The summed E-state index contributed by atoms with van der Waals surface area (Å²) in [5, 5.41) is 22.7. The van der Waals surface area contributed by atoms with Crippen LogP contribution in [0.3, 0.4) is 0 Å². The lowest BCUT2D eigenvalue weighted by Gasteiger charge is -2.49. The lowest BCUT2D eigenvalue weighted by Crippen LogP contribution is -2.51. The van der Waals surface area contributed by atoms with Gasteiger partial charge in [0.05, 0.1) is 11.2 Å². The number of rotatable bonds is 3. The standard InChI is InChI=1S/C26H50N2O2/c1-5-17-15-25(3,29)16-19(14-23(27)20(17)6-2)18-11-12-26(4,30)22-10-8-7-9-21(22)24(28)13-18/h17-24,29-30H,5-16,27-28H2,1-4H3. The average Bonchev–Trinajstić information content (AvgIpc) is 2.68. The molecule has 4 heteroatoms. The van der Waals surface area contributed by atoms with Crippen LogP contribution in [0.1, 0.15) is 105 Å². The van der Waals surface area contributed by atoms with Crippen molar-refractivity contribution in [3.8, 4) is 0 Å². The normalized spacial score (nSPS) is 51.2. The van der Waals surface area contributed by atoms with E-state index in [4.69, 9.17) is 11.5 Å². The first-order valence-corrected chi connectivity index (χ1v) is 13.0. The Morgan fingerprint density at radius 2 is 1.50 bits per heavy atom. The van der Waals surface area contributed by atoms with Crippen LogP contribution >= 0.6 is 0 Å². The molecular formula is C26H50N2O2. The second kappa shape index (κ2) is 9.77. The molecule has 4 nitrogen and oxygen atoms in total. The van der Waals surface area contributed by atoms with Crippen molar-refractivity contribution in [2.45, 2.75) is 128 Å². The molecule has 0 spiro atoms. The maximum absolute atomic E-state index is 11.4. The van der Waals surface area contributed by atoms with E-state index < -0.39 is 11.2 Å². The number of hydrogen-bond donors (Lipinski definition) is 4. The monoisotopic (exact) mass is 422 g/mol. The lowest BCUT2D eigenvalue weighted by atomic mass is 9.60. The van der Waals surface area contributed by atoms with Crippen LogP contribution in [-0.2, 0) is 0 Å². The van der Waals surface area contributed by atoms with E-state index in [2.05, 4.69) is 20.8 Å². The van der Waals surface area contributed by atoms with Gasteiger partial charge < -0.3 is 21.7 Å². The Bertz CT molecular complexity index is 549. The molecule has 176 valence electrons. The highest BCUT2D eigenvalue weighted by Crippen LogP contribution is 2.48. The molecule has 10 atom stereocenters. The van der Waals surface area contributed by atoms with Gasteiger partial charge in [0.25, 0.3) is 0 Å². The SMILES string of the molecule is CCC1CC(C)(O)CC(C2CCC(C)(O)C3CCCCC3C(N)C2)CC(N)C1CC. The second-order valence-electron chi connectivity index (χ2n) is 11.9. The van der Waals surface area contributed by atoms with Crippen molar-refractivity contribution in [3.63, 3.8) is 0 Å². The van der Waals surface area contributed by atoms with E-state index in [1.165, 1.54) is 12.8 Å². The molecule has 6 N–H and O–H groups in total. The zero-order valence-corrected chi connectivity index (χ0v) is 20.2. The van der Waals surface area contributed by atoms with Gasteiger partial charge in [0.2, 0.25) is 0 Å². The van der Waals surface area contributed by atoms with Gasteiger partial charge in [0, 0.05) is 12.1 Å². The predicted octanol–water partition coefficient (Wildman–Crippen LogP) is 4.60. The Labute approximate surface area is 185 Å². The molecule has 0 aromatic carbocycles. The Kier molecular flexibility index (Phi) is 7.97. The highest BCUT2D eigenvalue weighted by Gasteiger charge is 2.46. The fraction of sp³-hybridized carbons (Fsp3) is 1.00. The quantitative estimate of drug-likeness (QED) is 0.535. The maximum Gasteiger partial charge on any atom is 0.0651 e. The summed E-state index contributed by atoms with van der Waals surface area (Å²) in [4.78, 5) is 0. The minimum atomic E-state index is -0.638. The van der Waals surface area contributed by atoms with Crippen LogP contribution in [0.15, 0.2) is 0 Å². The van der Waals surface area contributed by atoms with Crippen LogP contribution in [0.5, 0.6) is 0 Å².